The third-order valence-electron chi connectivity index (χ3n) is 9.13. The predicted octanol–water partition coefficient (Wildman–Crippen LogP) is 6.43. The summed E-state index contributed by atoms with van der Waals surface area (Å²) in [5, 5.41) is 7.51. The highest BCUT2D eigenvalue weighted by molar-refractivity contribution is 7.86. The first-order valence-corrected chi connectivity index (χ1v) is 20.5. The molecule has 19 heteroatoms. The Kier molecular flexibility index (Phi) is 10.0. The molecule has 15 nitrogen and oxygen atoms in total. The van der Waals surface area contributed by atoms with Gasteiger partial charge in [0, 0.05) is 12.1 Å². The largest absolute Gasteiger partial charge is 0.364 e. The molecule has 5 N–H and O–H groups in total. The lowest BCUT2D eigenvalue weighted by Crippen LogP contribution is -2.55. The van der Waals surface area contributed by atoms with Crippen molar-refractivity contribution in [3.05, 3.63) is 75.0 Å². The number of rotatable bonds is 9. The van der Waals surface area contributed by atoms with E-state index < -0.39 is 42.7 Å². The lowest BCUT2D eigenvalue weighted by Gasteiger charge is -2.46. The molecule has 5 rings (SSSR count). The van der Waals surface area contributed by atoms with E-state index in [1.165, 1.54) is 18.2 Å². The normalized spacial score (nSPS) is 17.6. The van der Waals surface area contributed by atoms with E-state index in [1.807, 2.05) is 4.90 Å². The van der Waals surface area contributed by atoms with Crippen LogP contribution in [-0.4, -0.2) is 68.2 Å². The molecule has 4 aromatic rings. The second-order valence-electron chi connectivity index (χ2n) is 12.7. The highest BCUT2D eigenvalue weighted by atomic mass is 32.2. The third kappa shape index (κ3) is 7.04. The molecule has 2 atom stereocenters. The Balaban J connectivity index is 1.78. The molecule has 0 amide bonds. The summed E-state index contributed by atoms with van der Waals surface area (Å²) in [6.45, 7) is 11.6. The quantitative estimate of drug-likeness (QED) is 0.0912. The fourth-order valence-corrected chi connectivity index (χ4v) is 10.6. The fourth-order valence-electron chi connectivity index (χ4n) is 7.10. The van der Waals surface area contributed by atoms with E-state index in [-0.39, 0.29) is 32.2 Å². The van der Waals surface area contributed by atoms with Gasteiger partial charge in [-0.2, -0.15) is 30.4 Å². The summed E-state index contributed by atoms with van der Waals surface area (Å²) in [4.78, 5) is 7.55. The van der Waals surface area contributed by atoms with E-state index in [2.05, 4.69) is 10.4 Å². The molecule has 1 aliphatic heterocycles. The number of fused-ring (bicyclic) bond motifs is 1. The lowest BCUT2D eigenvalue weighted by molar-refractivity contribution is 0.192. The zero-order valence-electron chi connectivity index (χ0n) is 29.0. The van der Waals surface area contributed by atoms with Crippen LogP contribution in [0.3, 0.4) is 0 Å². The minimum atomic E-state index is -4.70. The molecule has 1 aromatic heterocycles. The van der Waals surface area contributed by atoms with Crippen molar-refractivity contribution in [1.29, 1.82) is 5.53 Å². The molecule has 0 saturated carbocycles. The van der Waals surface area contributed by atoms with Crippen LogP contribution in [0.4, 0.5) is 16.5 Å². The topological polar surface area (TPSA) is 231 Å². The number of benzene rings is 3. The molecule has 2 unspecified atom stereocenters. The minimum absolute atomic E-state index is 0.228. The Labute approximate surface area is 300 Å². The summed E-state index contributed by atoms with van der Waals surface area (Å²) < 4.78 is 105. The van der Waals surface area contributed by atoms with Crippen molar-refractivity contribution in [2.24, 2.45) is 5.11 Å². The van der Waals surface area contributed by atoms with Crippen molar-refractivity contribution >= 4 is 68.4 Å². The number of hydrogen-bond acceptors (Lipinski definition) is 13. The summed E-state index contributed by atoms with van der Waals surface area (Å²) >= 11 is 1.09. The molecular weight excluding hydrogens is 741 g/mol. The first kappa shape index (κ1) is 38.4. The summed E-state index contributed by atoms with van der Waals surface area (Å²) in [5.41, 5.74) is 12.7. The van der Waals surface area contributed by atoms with E-state index in [1.54, 1.807) is 72.5 Å². The molecule has 0 saturated heterocycles. The molecule has 274 valence electrons. The number of nitrogens with zero attached hydrogens (tertiary/aromatic N) is 4. The van der Waals surface area contributed by atoms with Gasteiger partial charge in [-0.25, -0.2) is 10.5 Å². The molecule has 0 fully saturated rings. The Morgan fingerprint density at radius 1 is 0.843 bits per heavy atom. The van der Waals surface area contributed by atoms with Gasteiger partial charge in [0.05, 0.1) is 32.7 Å². The van der Waals surface area contributed by atoms with Crippen molar-refractivity contribution in [3.8, 4) is 0 Å². The van der Waals surface area contributed by atoms with Crippen molar-refractivity contribution in [2.75, 3.05) is 17.3 Å². The minimum Gasteiger partial charge on any atom is -0.364 e. The van der Waals surface area contributed by atoms with Crippen LogP contribution < -0.4 is 10.2 Å². The molecular formula is C32H38N6O9S4. The van der Waals surface area contributed by atoms with Gasteiger partial charge in [-0.1, -0.05) is 23.5 Å². The van der Waals surface area contributed by atoms with E-state index in [9.17, 15) is 38.9 Å². The maximum Gasteiger partial charge on any atom is 0.295 e. The number of anilines is 3. The van der Waals surface area contributed by atoms with Gasteiger partial charge < -0.3 is 10.2 Å². The van der Waals surface area contributed by atoms with Gasteiger partial charge in [-0.05, 0) is 113 Å². The monoisotopic (exact) mass is 778 g/mol. The Morgan fingerprint density at radius 3 is 1.96 bits per heavy atom. The van der Waals surface area contributed by atoms with Crippen LogP contribution in [0.5, 0.6) is 0 Å². The first-order valence-electron chi connectivity index (χ1n) is 15.4. The van der Waals surface area contributed by atoms with Gasteiger partial charge in [-0.3, -0.25) is 18.6 Å². The standard InChI is InChI=1S/C32H38N6O9S4/c1-15-11-18(4)29(50(42,43)44)20(6)26(15)35-31-27(36-33)16(2)13-25(37(31)8)38(28-17(3)12-19(5)30(21(28)7)51(45,46)47)32-34-23-10-9-22(49(39,40)41)14-24(23)48-32/h9-12,14,25,31,33,35H,13H2,1-8H3,(H,39,40,41)(H,42,43,44)(H,45,46,47). The predicted molar refractivity (Wildman–Crippen MR) is 194 cm³/mol. The molecule has 0 aliphatic carbocycles. The van der Waals surface area contributed by atoms with E-state index >= 15 is 0 Å². The van der Waals surface area contributed by atoms with Gasteiger partial charge in [0.15, 0.2) is 5.13 Å². The zero-order chi connectivity index (χ0) is 38.1. The fraction of sp³-hybridized carbons (Fsp3) is 0.344. The van der Waals surface area contributed by atoms with Gasteiger partial charge >= 0.3 is 0 Å². The number of aryl methyl sites for hydroxylation is 4. The lowest BCUT2D eigenvalue weighted by atomic mass is 9.97. The molecule has 0 radical (unpaired) electrons. The molecule has 51 heavy (non-hydrogen) atoms. The van der Waals surface area contributed by atoms with Crippen LogP contribution in [0, 0.1) is 47.1 Å². The Hall–Kier alpha value is -3.82. The van der Waals surface area contributed by atoms with Crippen LogP contribution in [0.1, 0.15) is 46.7 Å². The van der Waals surface area contributed by atoms with Crippen LogP contribution in [0.2, 0.25) is 0 Å². The highest BCUT2D eigenvalue weighted by Gasteiger charge is 2.40. The van der Waals surface area contributed by atoms with Crippen molar-refractivity contribution in [3.63, 3.8) is 0 Å². The van der Waals surface area contributed by atoms with Gasteiger partial charge in [0.1, 0.15) is 16.0 Å². The summed E-state index contributed by atoms with van der Waals surface area (Å²) in [5.74, 6) is 0. The van der Waals surface area contributed by atoms with Crippen LogP contribution in [0.15, 0.2) is 61.4 Å². The Morgan fingerprint density at radius 2 is 1.41 bits per heavy atom. The van der Waals surface area contributed by atoms with Gasteiger partial charge in [0.25, 0.3) is 30.4 Å². The number of aromatic nitrogens is 1. The van der Waals surface area contributed by atoms with E-state index in [0.717, 1.165) is 11.3 Å². The van der Waals surface area contributed by atoms with Crippen molar-refractivity contribution < 1.29 is 38.9 Å². The van der Waals surface area contributed by atoms with Gasteiger partial charge in [-0.15, -0.1) is 0 Å². The zero-order valence-corrected chi connectivity index (χ0v) is 32.2. The highest BCUT2D eigenvalue weighted by Crippen LogP contribution is 2.45. The van der Waals surface area contributed by atoms with Crippen LogP contribution in [-0.2, 0) is 30.4 Å². The first-order chi connectivity index (χ1) is 23.5. The number of thiazole rings is 1. The smallest absolute Gasteiger partial charge is 0.295 e. The SMILES string of the molecule is CC1=C(N=N)C(Nc2c(C)cc(C)c(S(=O)(=O)O)c2C)N(C)C(N(c2nc3ccc(S(=O)(=O)O)cc3s2)c2c(C)cc(C)c(S(=O)(=O)O)c2C)C1. The van der Waals surface area contributed by atoms with Crippen LogP contribution in [0.25, 0.3) is 10.2 Å². The summed E-state index contributed by atoms with van der Waals surface area (Å²) in [6, 6.07) is 7.21. The molecule has 3 aromatic carbocycles. The average molecular weight is 779 g/mol. The third-order valence-corrected chi connectivity index (χ3v) is 13.3. The average Bonchev–Trinajstić information content (AvgIpc) is 3.40. The van der Waals surface area contributed by atoms with Crippen LogP contribution >= 0.6 is 11.3 Å². The molecule has 2 heterocycles. The maximum absolute atomic E-state index is 12.7. The number of nitrogens with one attached hydrogen (secondary N) is 2. The Bertz CT molecular complexity index is 2500. The summed E-state index contributed by atoms with van der Waals surface area (Å²) in [6.07, 6.45) is -1.32. The van der Waals surface area contributed by atoms with Crippen molar-refractivity contribution in [1.82, 2.24) is 9.88 Å². The van der Waals surface area contributed by atoms with E-state index in [0.29, 0.717) is 60.2 Å². The van der Waals surface area contributed by atoms with Crippen molar-refractivity contribution in [2.45, 2.75) is 81.9 Å². The number of likely N-dealkylation sites (N-methyl/N-ethyl adjacent to an activating group) is 1. The van der Waals surface area contributed by atoms with E-state index in [4.69, 9.17) is 10.5 Å². The second kappa shape index (κ2) is 13.3. The molecule has 1 aliphatic rings. The summed E-state index contributed by atoms with van der Waals surface area (Å²) in [7, 11) is -12.1. The molecule has 0 bridgehead atoms. The number of hydrogen-bond donors (Lipinski definition) is 5. The maximum atomic E-state index is 12.7. The van der Waals surface area contributed by atoms with Gasteiger partial charge in [0.2, 0.25) is 0 Å². The molecule has 0 spiro atoms. The second-order valence-corrected chi connectivity index (χ2v) is 17.9.